The van der Waals surface area contributed by atoms with Gasteiger partial charge in [0.25, 0.3) is 0 Å². The Morgan fingerprint density at radius 1 is 1.00 bits per heavy atom. The maximum atomic E-state index is 13.1. The van der Waals surface area contributed by atoms with Gasteiger partial charge in [-0.15, -0.1) is 0 Å². The van der Waals surface area contributed by atoms with Crippen LogP contribution >= 0.6 is 0 Å². The molecule has 2 aromatic carbocycles. The molecule has 0 aromatic heterocycles. The summed E-state index contributed by atoms with van der Waals surface area (Å²) in [7, 11) is 0. The van der Waals surface area contributed by atoms with Crippen molar-refractivity contribution in [1.82, 2.24) is 10.2 Å². The second kappa shape index (κ2) is 9.40. The molecule has 1 N–H and O–H groups in total. The summed E-state index contributed by atoms with van der Waals surface area (Å²) in [6.45, 7) is 5.42. The average molecular weight is 396 g/mol. The molecule has 2 fully saturated rings. The quantitative estimate of drug-likeness (QED) is 0.811. The topological polar surface area (TPSA) is 35.6 Å². The number of nitrogens with zero attached hydrogens (tertiary/aromatic N) is 2. The number of piperidine rings is 1. The average Bonchev–Trinajstić information content (AvgIpc) is 3.22. The fourth-order valence-electron chi connectivity index (χ4n) is 4.53. The number of likely N-dealkylation sites (tertiary alicyclic amines) is 1. The number of carbonyl (C=O) groups is 1. The summed E-state index contributed by atoms with van der Waals surface area (Å²) in [5, 5.41) is 3.21. The van der Waals surface area contributed by atoms with Crippen LogP contribution in [-0.4, -0.2) is 43.5 Å². The Bertz CT molecular complexity index is 796. The first-order valence-corrected chi connectivity index (χ1v) is 10.7. The number of benzene rings is 2. The van der Waals surface area contributed by atoms with Crippen molar-refractivity contribution in [3.8, 4) is 0 Å². The molecule has 2 heterocycles. The molecule has 4 nitrogen and oxygen atoms in total. The van der Waals surface area contributed by atoms with E-state index in [4.69, 9.17) is 0 Å². The van der Waals surface area contributed by atoms with Crippen LogP contribution in [-0.2, 0) is 11.3 Å². The zero-order valence-corrected chi connectivity index (χ0v) is 16.9. The van der Waals surface area contributed by atoms with Gasteiger partial charge in [0, 0.05) is 38.4 Å². The molecule has 2 aromatic rings. The summed E-state index contributed by atoms with van der Waals surface area (Å²) < 4.78 is 13.1. The van der Waals surface area contributed by atoms with Crippen LogP contribution in [0, 0.1) is 17.7 Å². The van der Waals surface area contributed by atoms with Gasteiger partial charge in [0.2, 0.25) is 5.91 Å². The Balaban J connectivity index is 1.23. The Morgan fingerprint density at radius 2 is 1.79 bits per heavy atom. The molecule has 1 amide bonds. The van der Waals surface area contributed by atoms with Gasteiger partial charge in [-0.2, -0.15) is 0 Å². The van der Waals surface area contributed by atoms with Gasteiger partial charge in [0.1, 0.15) is 5.82 Å². The lowest BCUT2D eigenvalue weighted by molar-refractivity contribution is -0.126. The van der Waals surface area contributed by atoms with Crippen LogP contribution in [0.15, 0.2) is 54.6 Å². The van der Waals surface area contributed by atoms with E-state index in [-0.39, 0.29) is 17.6 Å². The summed E-state index contributed by atoms with van der Waals surface area (Å²) in [5.74, 6) is 0.531. The molecule has 4 rings (SSSR count). The van der Waals surface area contributed by atoms with Crippen molar-refractivity contribution in [2.75, 3.05) is 37.6 Å². The molecule has 0 radical (unpaired) electrons. The third-order valence-electron chi connectivity index (χ3n) is 6.17. The number of amides is 1. The minimum Gasteiger partial charge on any atom is -0.371 e. The van der Waals surface area contributed by atoms with Crippen molar-refractivity contribution in [3.63, 3.8) is 0 Å². The van der Waals surface area contributed by atoms with E-state index >= 15 is 0 Å². The van der Waals surface area contributed by atoms with E-state index in [2.05, 4.69) is 39.4 Å². The van der Waals surface area contributed by atoms with E-state index in [9.17, 15) is 9.18 Å². The fourth-order valence-corrected chi connectivity index (χ4v) is 4.53. The summed E-state index contributed by atoms with van der Waals surface area (Å²) in [5.41, 5.74) is 2.37. The van der Waals surface area contributed by atoms with Gasteiger partial charge in [-0.25, -0.2) is 4.39 Å². The number of carbonyl (C=O) groups excluding carboxylic acids is 1. The Kier molecular flexibility index (Phi) is 6.45. The highest BCUT2D eigenvalue weighted by Crippen LogP contribution is 2.24. The molecule has 0 spiro atoms. The minimum absolute atomic E-state index is 0.0852. The number of hydrogen-bond acceptors (Lipinski definition) is 3. The van der Waals surface area contributed by atoms with E-state index in [1.807, 2.05) is 18.2 Å². The van der Waals surface area contributed by atoms with Gasteiger partial charge in [0.05, 0.1) is 5.92 Å². The van der Waals surface area contributed by atoms with Crippen LogP contribution in [0.4, 0.5) is 10.1 Å². The van der Waals surface area contributed by atoms with E-state index < -0.39 is 0 Å². The van der Waals surface area contributed by atoms with E-state index in [1.54, 1.807) is 0 Å². The summed E-state index contributed by atoms with van der Waals surface area (Å²) in [6.07, 6.45) is 3.11. The number of anilines is 1. The highest BCUT2D eigenvalue weighted by molar-refractivity contribution is 5.79. The van der Waals surface area contributed by atoms with Crippen molar-refractivity contribution in [2.45, 2.75) is 25.8 Å². The zero-order chi connectivity index (χ0) is 20.1. The molecule has 2 atom stereocenters. The second-order valence-corrected chi connectivity index (χ2v) is 8.38. The van der Waals surface area contributed by atoms with Gasteiger partial charge < -0.3 is 10.2 Å². The highest BCUT2D eigenvalue weighted by Gasteiger charge is 2.28. The Labute approximate surface area is 172 Å². The normalized spacial score (nSPS) is 22.6. The van der Waals surface area contributed by atoms with Gasteiger partial charge in [-0.1, -0.05) is 30.3 Å². The van der Waals surface area contributed by atoms with Gasteiger partial charge >= 0.3 is 0 Å². The SMILES string of the molecule is O=C(NC[C@H]1CCN(c2ccc(F)cc2)C1)[C@@H]1CCCN(Cc2ccccc2)C1. The molecular formula is C24H30FN3O. The predicted octanol–water partition coefficient (Wildman–Crippen LogP) is 3.68. The van der Waals surface area contributed by atoms with Gasteiger partial charge in [0.15, 0.2) is 0 Å². The van der Waals surface area contributed by atoms with Gasteiger partial charge in [-0.05, 0) is 61.6 Å². The lowest BCUT2D eigenvalue weighted by Gasteiger charge is -2.32. The first kappa shape index (κ1) is 19.9. The molecule has 2 saturated heterocycles. The van der Waals surface area contributed by atoms with Crippen molar-refractivity contribution in [3.05, 3.63) is 66.0 Å². The monoisotopic (exact) mass is 395 g/mol. The Hall–Kier alpha value is -2.40. The fraction of sp³-hybridized carbons (Fsp3) is 0.458. The summed E-state index contributed by atoms with van der Waals surface area (Å²) in [4.78, 5) is 17.4. The third-order valence-corrected chi connectivity index (χ3v) is 6.17. The van der Waals surface area contributed by atoms with Crippen LogP contribution in [0.3, 0.4) is 0 Å². The number of hydrogen-bond donors (Lipinski definition) is 1. The third kappa shape index (κ3) is 5.36. The van der Waals surface area contributed by atoms with Gasteiger partial charge in [-0.3, -0.25) is 9.69 Å². The molecule has 2 aliphatic rings. The summed E-state index contributed by atoms with van der Waals surface area (Å²) in [6, 6.07) is 17.2. The second-order valence-electron chi connectivity index (χ2n) is 8.38. The molecule has 0 unspecified atom stereocenters. The Morgan fingerprint density at radius 3 is 2.59 bits per heavy atom. The van der Waals surface area contributed by atoms with Crippen LogP contribution < -0.4 is 10.2 Å². The highest BCUT2D eigenvalue weighted by atomic mass is 19.1. The number of nitrogens with one attached hydrogen (secondary N) is 1. The lowest BCUT2D eigenvalue weighted by atomic mass is 9.96. The van der Waals surface area contributed by atoms with Crippen LogP contribution in [0.1, 0.15) is 24.8 Å². The molecule has 0 bridgehead atoms. The molecule has 2 aliphatic heterocycles. The predicted molar refractivity (Wildman–Crippen MR) is 114 cm³/mol. The molecule has 5 heteroatoms. The molecule has 0 saturated carbocycles. The summed E-state index contributed by atoms with van der Waals surface area (Å²) >= 11 is 0. The van der Waals surface area contributed by atoms with Crippen molar-refractivity contribution in [1.29, 1.82) is 0 Å². The van der Waals surface area contributed by atoms with Crippen molar-refractivity contribution < 1.29 is 9.18 Å². The van der Waals surface area contributed by atoms with E-state index in [0.29, 0.717) is 5.92 Å². The van der Waals surface area contributed by atoms with E-state index in [0.717, 1.165) is 64.2 Å². The number of halogens is 1. The van der Waals surface area contributed by atoms with Crippen LogP contribution in [0.25, 0.3) is 0 Å². The zero-order valence-electron chi connectivity index (χ0n) is 16.9. The van der Waals surface area contributed by atoms with E-state index in [1.165, 1.54) is 17.7 Å². The smallest absolute Gasteiger partial charge is 0.224 e. The first-order valence-electron chi connectivity index (χ1n) is 10.7. The molecular weight excluding hydrogens is 365 g/mol. The lowest BCUT2D eigenvalue weighted by Crippen LogP contribution is -2.43. The van der Waals surface area contributed by atoms with Crippen molar-refractivity contribution in [2.24, 2.45) is 11.8 Å². The van der Waals surface area contributed by atoms with Crippen LogP contribution in [0.5, 0.6) is 0 Å². The molecule has 0 aliphatic carbocycles. The molecule has 154 valence electrons. The molecule has 29 heavy (non-hydrogen) atoms. The number of rotatable bonds is 6. The van der Waals surface area contributed by atoms with Crippen molar-refractivity contribution >= 4 is 11.6 Å². The maximum Gasteiger partial charge on any atom is 0.224 e. The first-order chi connectivity index (χ1) is 14.2. The minimum atomic E-state index is -0.203. The maximum absolute atomic E-state index is 13.1. The standard InChI is InChI=1S/C24H30FN3O/c25-22-8-10-23(11-9-22)28-14-12-20(17-28)15-26-24(29)21-7-4-13-27(18-21)16-19-5-2-1-3-6-19/h1-3,5-6,8-11,20-21H,4,7,12-18H2,(H,26,29)/t20-,21-/m1/s1. The largest absolute Gasteiger partial charge is 0.371 e. The van der Waals surface area contributed by atoms with Crippen LogP contribution in [0.2, 0.25) is 0 Å².